The first-order valence-corrected chi connectivity index (χ1v) is 8.20. The molecule has 1 aromatic rings. The van der Waals surface area contributed by atoms with E-state index >= 15 is 0 Å². The Labute approximate surface area is 142 Å². The Morgan fingerprint density at radius 2 is 1.96 bits per heavy atom. The molecule has 0 aromatic carbocycles. The highest BCUT2D eigenvalue weighted by Crippen LogP contribution is 2.20. The molecule has 0 atom stereocenters. The van der Waals surface area contributed by atoms with Crippen molar-refractivity contribution in [2.75, 3.05) is 18.0 Å². The summed E-state index contributed by atoms with van der Waals surface area (Å²) < 4.78 is 2.72. The number of hydrogen-bond donors (Lipinski definition) is 1. The number of nitrogens with zero attached hydrogens (tertiary/aromatic N) is 4. The zero-order valence-corrected chi connectivity index (χ0v) is 14.7. The van der Waals surface area contributed by atoms with Gasteiger partial charge in [-0.15, -0.1) is 0 Å². The van der Waals surface area contributed by atoms with E-state index in [9.17, 15) is 14.4 Å². The van der Waals surface area contributed by atoms with Crippen molar-refractivity contribution < 1.29 is 4.79 Å². The number of hydrogen-bond acceptors (Lipinski definition) is 7. The minimum absolute atomic E-state index is 0.0201. The monoisotopic (exact) mass is 355 g/mol. The quantitative estimate of drug-likeness (QED) is 0.603. The fraction of sp³-hybridized carbons (Fsp3) is 0.462. The van der Waals surface area contributed by atoms with Crippen molar-refractivity contribution in [2.24, 2.45) is 19.1 Å². The topological polar surface area (TPSA) is 103 Å². The normalized spacial score (nSPS) is 15.6. The molecule has 124 valence electrons. The van der Waals surface area contributed by atoms with Crippen LogP contribution in [-0.4, -0.2) is 42.3 Å². The Kier molecular flexibility index (Phi) is 5.05. The number of carbonyl (C=O) groups excluding carboxylic acids is 1. The fourth-order valence-corrected chi connectivity index (χ4v) is 3.22. The van der Waals surface area contributed by atoms with Gasteiger partial charge in [0, 0.05) is 32.8 Å². The molecule has 1 aliphatic heterocycles. The maximum absolute atomic E-state index is 11.9. The molecule has 1 fully saturated rings. The Balaban J connectivity index is 2.25. The molecule has 0 radical (unpaired) electrons. The molecule has 2 N–H and O–H groups in total. The van der Waals surface area contributed by atoms with Gasteiger partial charge in [0.05, 0.1) is 5.75 Å². The lowest BCUT2D eigenvalue weighted by Gasteiger charge is -2.15. The number of aliphatic imine (C=N–C) groups is 1. The van der Waals surface area contributed by atoms with E-state index < -0.39 is 11.2 Å². The highest BCUT2D eigenvalue weighted by atomic mass is 32.2. The lowest BCUT2D eigenvalue weighted by molar-refractivity contribution is -0.123. The molecule has 0 aliphatic carbocycles. The van der Waals surface area contributed by atoms with Crippen LogP contribution >= 0.6 is 24.0 Å². The van der Waals surface area contributed by atoms with Crippen LogP contribution in [-0.2, 0) is 18.9 Å². The molecule has 8 nitrogen and oxygen atoms in total. The van der Waals surface area contributed by atoms with Crippen molar-refractivity contribution in [3.05, 3.63) is 20.8 Å². The van der Waals surface area contributed by atoms with E-state index in [4.69, 9.17) is 18.0 Å². The van der Waals surface area contributed by atoms with Crippen LogP contribution in [0.25, 0.3) is 0 Å². The van der Waals surface area contributed by atoms with Gasteiger partial charge in [-0.3, -0.25) is 23.6 Å². The number of nitrogens with two attached hydrogens (primary N) is 1. The van der Waals surface area contributed by atoms with E-state index in [1.807, 2.05) is 0 Å². The average Bonchev–Trinajstić information content (AvgIpc) is 2.84. The Morgan fingerprint density at radius 3 is 2.52 bits per heavy atom. The molecule has 2 heterocycles. The third kappa shape index (κ3) is 3.37. The first kappa shape index (κ1) is 17.4. The lowest BCUT2D eigenvalue weighted by atomic mass is 10.3. The Morgan fingerprint density at radius 1 is 1.30 bits per heavy atom. The molecule has 0 saturated carbocycles. The van der Waals surface area contributed by atoms with Crippen molar-refractivity contribution in [1.29, 1.82) is 0 Å². The number of rotatable bonds is 4. The average molecular weight is 355 g/mol. The Bertz CT molecular complexity index is 771. The summed E-state index contributed by atoms with van der Waals surface area (Å²) in [5, 5.41) is 0. The van der Waals surface area contributed by atoms with Crippen molar-refractivity contribution in [1.82, 2.24) is 14.0 Å². The molecule has 1 amide bonds. The smallest absolute Gasteiger partial charge is 0.332 e. The summed E-state index contributed by atoms with van der Waals surface area (Å²) >= 11 is 6.45. The summed E-state index contributed by atoms with van der Waals surface area (Å²) in [5.41, 5.74) is 5.26. The second-order valence-corrected chi connectivity index (χ2v) is 6.75. The Hall–Kier alpha value is -1.94. The van der Waals surface area contributed by atoms with Crippen LogP contribution in [0.15, 0.2) is 14.6 Å². The zero-order valence-electron chi connectivity index (χ0n) is 13.0. The van der Waals surface area contributed by atoms with Crippen LogP contribution in [0.1, 0.15) is 13.3 Å². The first-order valence-electron chi connectivity index (χ1n) is 6.80. The number of anilines is 1. The van der Waals surface area contributed by atoms with Gasteiger partial charge in [-0.2, -0.15) is 0 Å². The van der Waals surface area contributed by atoms with E-state index in [1.54, 1.807) is 6.92 Å². The van der Waals surface area contributed by atoms with Crippen molar-refractivity contribution in [3.8, 4) is 0 Å². The summed E-state index contributed by atoms with van der Waals surface area (Å²) in [5.74, 6) is 0.471. The van der Waals surface area contributed by atoms with Crippen molar-refractivity contribution in [2.45, 2.75) is 13.3 Å². The standard InChI is InChI=1S/C13H17N5O3S2/c1-7(4-5-18-8(19)6-23-13(18)22)15-10-9(14)11(20)17(3)12(21)16(10)2/h4-6,14H2,1-3H3. The third-order valence-corrected chi connectivity index (χ3v) is 4.93. The van der Waals surface area contributed by atoms with E-state index in [0.717, 1.165) is 4.57 Å². The molecule has 0 unspecified atom stereocenters. The summed E-state index contributed by atoms with van der Waals surface area (Å²) in [6.07, 6.45) is 0.468. The van der Waals surface area contributed by atoms with Crippen LogP contribution in [0, 0.1) is 0 Å². The predicted octanol–water partition coefficient (Wildman–Crippen LogP) is 0.00900. The number of carbonyl (C=O) groups is 1. The molecular formula is C13H17N5O3S2. The van der Waals surface area contributed by atoms with Crippen molar-refractivity contribution in [3.63, 3.8) is 0 Å². The predicted molar refractivity (Wildman–Crippen MR) is 95.5 cm³/mol. The molecule has 0 spiro atoms. The molecule has 23 heavy (non-hydrogen) atoms. The summed E-state index contributed by atoms with van der Waals surface area (Å²) in [6.45, 7) is 2.16. The SMILES string of the molecule is CC(CCN1C(=O)CSC1=S)=Nc1c(N)c(=O)n(C)c(=O)n1C. The van der Waals surface area contributed by atoms with Gasteiger partial charge in [-0.05, 0) is 6.92 Å². The molecule has 10 heteroatoms. The van der Waals surface area contributed by atoms with Gasteiger partial charge < -0.3 is 5.73 Å². The van der Waals surface area contributed by atoms with Gasteiger partial charge in [0.1, 0.15) is 10.0 Å². The first-order chi connectivity index (χ1) is 10.7. The maximum atomic E-state index is 11.9. The van der Waals surface area contributed by atoms with Gasteiger partial charge >= 0.3 is 5.69 Å². The van der Waals surface area contributed by atoms with Crippen LogP contribution in [0.5, 0.6) is 0 Å². The van der Waals surface area contributed by atoms with Gasteiger partial charge in [0.2, 0.25) is 5.91 Å². The van der Waals surface area contributed by atoms with Crippen LogP contribution in [0.4, 0.5) is 11.5 Å². The van der Waals surface area contributed by atoms with Crippen molar-refractivity contribution >= 4 is 51.4 Å². The molecule has 1 aliphatic rings. The summed E-state index contributed by atoms with van der Waals surface area (Å²) in [4.78, 5) is 41.3. The second-order valence-electron chi connectivity index (χ2n) is 5.14. The molecule has 1 aromatic heterocycles. The molecule has 1 saturated heterocycles. The van der Waals surface area contributed by atoms with E-state index in [-0.39, 0.29) is 17.4 Å². The van der Waals surface area contributed by atoms with Gasteiger partial charge in [0.15, 0.2) is 5.82 Å². The number of thiocarbonyl (C=S) groups is 1. The van der Waals surface area contributed by atoms with Crippen LogP contribution in [0.3, 0.4) is 0 Å². The third-order valence-electron chi connectivity index (χ3n) is 3.50. The summed E-state index contributed by atoms with van der Waals surface area (Å²) in [6, 6.07) is 0. The minimum atomic E-state index is -0.577. The number of amides is 1. The lowest BCUT2D eigenvalue weighted by Crippen LogP contribution is -2.38. The largest absolute Gasteiger partial charge is 0.391 e. The van der Waals surface area contributed by atoms with Gasteiger partial charge in [-0.1, -0.05) is 24.0 Å². The van der Waals surface area contributed by atoms with Gasteiger partial charge in [-0.25, -0.2) is 9.79 Å². The minimum Gasteiger partial charge on any atom is -0.391 e. The van der Waals surface area contributed by atoms with E-state index in [0.29, 0.717) is 28.8 Å². The fourth-order valence-electron chi connectivity index (χ4n) is 2.10. The van der Waals surface area contributed by atoms with Crippen LogP contribution < -0.4 is 17.0 Å². The second kappa shape index (κ2) is 6.67. The highest BCUT2D eigenvalue weighted by molar-refractivity contribution is 8.23. The highest BCUT2D eigenvalue weighted by Gasteiger charge is 2.26. The molecule has 0 bridgehead atoms. The number of thioether (sulfide) groups is 1. The summed E-state index contributed by atoms with van der Waals surface area (Å²) in [7, 11) is 2.86. The zero-order chi connectivity index (χ0) is 17.3. The van der Waals surface area contributed by atoms with E-state index in [2.05, 4.69) is 4.99 Å². The molecular weight excluding hydrogens is 338 g/mol. The van der Waals surface area contributed by atoms with Crippen LogP contribution in [0.2, 0.25) is 0 Å². The van der Waals surface area contributed by atoms with E-state index in [1.165, 1.54) is 35.3 Å². The molecule has 2 rings (SSSR count). The number of aromatic nitrogens is 2. The maximum Gasteiger partial charge on any atom is 0.332 e. The van der Waals surface area contributed by atoms with Gasteiger partial charge in [0.25, 0.3) is 5.56 Å². The number of nitrogen functional groups attached to an aromatic ring is 1.